The molecule has 108 valence electrons. The normalized spacial score (nSPS) is 12.4. The van der Waals surface area contributed by atoms with Crippen molar-refractivity contribution >= 4 is 0 Å². The molecule has 0 saturated carbocycles. The van der Waals surface area contributed by atoms with E-state index in [1.807, 2.05) is 20.8 Å². The molecule has 0 saturated heterocycles. The Morgan fingerprint density at radius 3 is 2.70 bits per heavy atom. The number of methoxy groups -OCH3 is 1. The first kappa shape index (κ1) is 14.5. The molecule has 0 fully saturated rings. The van der Waals surface area contributed by atoms with Gasteiger partial charge in [0, 0.05) is 17.7 Å². The molecule has 0 spiro atoms. The first-order valence-corrected chi connectivity index (χ1v) is 6.51. The van der Waals surface area contributed by atoms with Crippen LogP contribution >= 0.6 is 0 Å². The van der Waals surface area contributed by atoms with Crippen LogP contribution in [0.25, 0.3) is 0 Å². The van der Waals surface area contributed by atoms with Crippen molar-refractivity contribution in [1.82, 2.24) is 10.3 Å². The highest BCUT2D eigenvalue weighted by atomic mass is 19.1. The lowest BCUT2D eigenvalue weighted by atomic mass is 10.1. The van der Waals surface area contributed by atoms with Crippen LogP contribution in [0.2, 0.25) is 0 Å². The number of hydrogen-bond acceptors (Lipinski definition) is 4. The van der Waals surface area contributed by atoms with E-state index in [2.05, 4.69) is 10.3 Å². The zero-order valence-electron chi connectivity index (χ0n) is 12.2. The van der Waals surface area contributed by atoms with Gasteiger partial charge in [0.1, 0.15) is 17.3 Å². The fourth-order valence-electron chi connectivity index (χ4n) is 1.95. The van der Waals surface area contributed by atoms with Crippen molar-refractivity contribution in [2.24, 2.45) is 0 Å². The average molecular weight is 278 g/mol. The molecule has 2 rings (SSSR count). The lowest BCUT2D eigenvalue weighted by molar-refractivity contribution is 0.407. The van der Waals surface area contributed by atoms with Crippen molar-refractivity contribution in [1.29, 1.82) is 0 Å². The van der Waals surface area contributed by atoms with E-state index < -0.39 is 0 Å². The van der Waals surface area contributed by atoms with Crippen LogP contribution in [0, 0.1) is 19.7 Å². The predicted octanol–water partition coefficient (Wildman–Crippen LogP) is 3.29. The van der Waals surface area contributed by atoms with Gasteiger partial charge in [-0.15, -0.1) is 0 Å². The number of nitrogens with one attached hydrogen (secondary N) is 1. The molecule has 1 heterocycles. The van der Waals surface area contributed by atoms with E-state index >= 15 is 0 Å². The lowest BCUT2D eigenvalue weighted by Gasteiger charge is -2.14. The van der Waals surface area contributed by atoms with Gasteiger partial charge < -0.3 is 14.5 Å². The zero-order valence-corrected chi connectivity index (χ0v) is 12.2. The number of ether oxygens (including phenoxy) is 1. The van der Waals surface area contributed by atoms with Crippen molar-refractivity contribution in [3.8, 4) is 5.75 Å². The van der Waals surface area contributed by atoms with Gasteiger partial charge in [0.05, 0.1) is 19.3 Å². The highest BCUT2D eigenvalue weighted by Gasteiger charge is 2.13. The average Bonchev–Trinajstić information content (AvgIpc) is 2.75. The molecular weight excluding hydrogens is 259 g/mol. The molecule has 0 aliphatic rings. The number of hydrogen-bond donors (Lipinski definition) is 1. The Kier molecular flexibility index (Phi) is 4.39. The van der Waals surface area contributed by atoms with E-state index in [1.165, 1.54) is 13.2 Å². The van der Waals surface area contributed by atoms with Gasteiger partial charge in [-0.25, -0.2) is 9.37 Å². The minimum Gasteiger partial charge on any atom is -0.497 e. The Morgan fingerprint density at radius 2 is 2.15 bits per heavy atom. The van der Waals surface area contributed by atoms with Gasteiger partial charge in [0.2, 0.25) is 5.89 Å². The highest BCUT2D eigenvalue weighted by molar-refractivity contribution is 5.30. The monoisotopic (exact) mass is 278 g/mol. The third kappa shape index (κ3) is 3.17. The van der Waals surface area contributed by atoms with Gasteiger partial charge in [0.25, 0.3) is 0 Å². The SMILES string of the molecule is COc1ccc(C(C)NCc2nc(C)c(C)o2)c(F)c1. The Balaban J connectivity index is 2.02. The molecule has 20 heavy (non-hydrogen) atoms. The maximum Gasteiger partial charge on any atom is 0.208 e. The molecule has 1 unspecified atom stereocenters. The third-order valence-electron chi connectivity index (χ3n) is 3.31. The van der Waals surface area contributed by atoms with Crippen LogP contribution in [0.3, 0.4) is 0 Å². The second kappa shape index (κ2) is 6.05. The van der Waals surface area contributed by atoms with Gasteiger partial charge >= 0.3 is 0 Å². The molecule has 0 amide bonds. The first-order valence-electron chi connectivity index (χ1n) is 6.51. The molecule has 1 atom stereocenters. The first-order chi connectivity index (χ1) is 9.51. The molecule has 2 aromatic rings. The maximum absolute atomic E-state index is 13.9. The van der Waals surface area contributed by atoms with Gasteiger partial charge in [-0.1, -0.05) is 6.07 Å². The molecule has 1 aromatic heterocycles. The molecule has 4 nitrogen and oxygen atoms in total. The summed E-state index contributed by atoms with van der Waals surface area (Å²) in [5.41, 5.74) is 1.47. The summed E-state index contributed by atoms with van der Waals surface area (Å²) < 4.78 is 24.4. The van der Waals surface area contributed by atoms with Crippen molar-refractivity contribution in [2.75, 3.05) is 7.11 Å². The molecule has 1 aromatic carbocycles. The van der Waals surface area contributed by atoms with E-state index in [-0.39, 0.29) is 11.9 Å². The number of oxazole rings is 1. The van der Waals surface area contributed by atoms with E-state index in [1.54, 1.807) is 12.1 Å². The van der Waals surface area contributed by atoms with Crippen molar-refractivity contribution in [3.05, 3.63) is 46.9 Å². The van der Waals surface area contributed by atoms with Gasteiger partial charge in [-0.05, 0) is 26.8 Å². The van der Waals surface area contributed by atoms with E-state index in [0.717, 1.165) is 11.5 Å². The van der Waals surface area contributed by atoms with Gasteiger partial charge in [0.15, 0.2) is 0 Å². The van der Waals surface area contributed by atoms with E-state index in [0.29, 0.717) is 23.7 Å². The predicted molar refractivity (Wildman–Crippen MR) is 74.2 cm³/mol. The maximum atomic E-state index is 13.9. The number of benzene rings is 1. The smallest absolute Gasteiger partial charge is 0.208 e. The van der Waals surface area contributed by atoms with Crippen LogP contribution < -0.4 is 10.1 Å². The fourth-order valence-corrected chi connectivity index (χ4v) is 1.95. The molecule has 0 bridgehead atoms. The Hall–Kier alpha value is -1.88. The van der Waals surface area contributed by atoms with Gasteiger partial charge in [-0.2, -0.15) is 0 Å². The van der Waals surface area contributed by atoms with Crippen molar-refractivity contribution in [3.63, 3.8) is 0 Å². The summed E-state index contributed by atoms with van der Waals surface area (Å²) >= 11 is 0. The molecule has 0 aliphatic carbocycles. The Morgan fingerprint density at radius 1 is 1.40 bits per heavy atom. The summed E-state index contributed by atoms with van der Waals surface area (Å²) in [4.78, 5) is 4.28. The number of aryl methyl sites for hydroxylation is 2. The largest absolute Gasteiger partial charge is 0.497 e. The minimum atomic E-state index is -0.288. The van der Waals surface area contributed by atoms with Gasteiger partial charge in [-0.3, -0.25) is 0 Å². The van der Waals surface area contributed by atoms with Crippen LogP contribution in [0.1, 0.15) is 35.9 Å². The van der Waals surface area contributed by atoms with Crippen LogP contribution in [0.15, 0.2) is 22.6 Å². The van der Waals surface area contributed by atoms with Crippen molar-refractivity contribution in [2.45, 2.75) is 33.4 Å². The summed E-state index contributed by atoms with van der Waals surface area (Å²) in [7, 11) is 1.52. The number of halogens is 1. The summed E-state index contributed by atoms with van der Waals surface area (Å²) in [6.45, 7) is 6.13. The van der Waals surface area contributed by atoms with Crippen LogP contribution in [-0.4, -0.2) is 12.1 Å². The van der Waals surface area contributed by atoms with E-state index in [9.17, 15) is 4.39 Å². The summed E-state index contributed by atoms with van der Waals surface area (Å²) in [6.07, 6.45) is 0. The fraction of sp³-hybridized carbons (Fsp3) is 0.400. The summed E-state index contributed by atoms with van der Waals surface area (Å²) in [6, 6.07) is 4.70. The minimum absolute atomic E-state index is 0.145. The quantitative estimate of drug-likeness (QED) is 0.911. The number of rotatable bonds is 5. The topological polar surface area (TPSA) is 47.3 Å². The Bertz CT molecular complexity index is 576. The summed E-state index contributed by atoms with van der Waals surface area (Å²) in [5.74, 6) is 1.65. The second-order valence-corrected chi connectivity index (χ2v) is 4.74. The van der Waals surface area contributed by atoms with E-state index in [4.69, 9.17) is 9.15 Å². The summed E-state index contributed by atoms with van der Waals surface area (Å²) in [5, 5.41) is 3.20. The molecule has 5 heteroatoms. The lowest BCUT2D eigenvalue weighted by Crippen LogP contribution is -2.19. The van der Waals surface area contributed by atoms with Crippen molar-refractivity contribution < 1.29 is 13.5 Å². The van der Waals surface area contributed by atoms with Crippen LogP contribution in [0.4, 0.5) is 4.39 Å². The number of aromatic nitrogens is 1. The third-order valence-corrected chi connectivity index (χ3v) is 3.31. The zero-order chi connectivity index (χ0) is 14.7. The highest BCUT2D eigenvalue weighted by Crippen LogP contribution is 2.22. The second-order valence-electron chi connectivity index (χ2n) is 4.74. The molecule has 1 N–H and O–H groups in total. The molecule has 0 radical (unpaired) electrons. The molecular formula is C15H19FN2O2. The molecule has 0 aliphatic heterocycles. The standard InChI is InChI=1S/C15H19FN2O2/c1-9-11(3)20-15(18-9)8-17-10(2)13-6-5-12(19-4)7-14(13)16/h5-7,10,17H,8H2,1-4H3. The van der Waals surface area contributed by atoms with Crippen LogP contribution in [-0.2, 0) is 6.54 Å². The number of nitrogens with zero attached hydrogens (tertiary/aromatic N) is 1. The Labute approximate surface area is 118 Å². The van der Waals surface area contributed by atoms with Crippen LogP contribution in [0.5, 0.6) is 5.75 Å².